The molecule has 4 aliphatic carbocycles. The number of nitrogens with one attached hydrogen (secondary N) is 2. The Morgan fingerprint density at radius 1 is 1.03 bits per heavy atom. The van der Waals surface area contributed by atoms with E-state index >= 15 is 0 Å². The van der Waals surface area contributed by atoms with Crippen molar-refractivity contribution in [2.75, 3.05) is 13.7 Å². The third kappa shape index (κ3) is 5.26. The van der Waals surface area contributed by atoms with Crippen molar-refractivity contribution in [1.82, 2.24) is 10.6 Å². The first-order valence-electron chi connectivity index (χ1n) is 15.9. The molecule has 1 heterocycles. The zero-order valence-corrected chi connectivity index (χ0v) is 24.9. The molecule has 39 heavy (non-hydrogen) atoms. The largest absolute Gasteiger partial charge is 0.469 e. The van der Waals surface area contributed by atoms with Crippen molar-refractivity contribution in [3.05, 3.63) is 0 Å². The molecule has 11 atom stereocenters. The molecule has 0 radical (unpaired) electrons. The molecule has 5 fully saturated rings. The molecule has 5 aliphatic rings. The summed E-state index contributed by atoms with van der Waals surface area (Å²) in [5.41, 5.74) is 0.257. The van der Waals surface area contributed by atoms with Gasteiger partial charge in [-0.25, -0.2) is 0 Å². The number of hydrogen-bond donors (Lipinski definition) is 2. The van der Waals surface area contributed by atoms with Crippen LogP contribution in [-0.4, -0.2) is 49.7 Å². The van der Waals surface area contributed by atoms with Gasteiger partial charge >= 0.3 is 11.9 Å². The highest BCUT2D eigenvalue weighted by Crippen LogP contribution is 2.68. The van der Waals surface area contributed by atoms with Gasteiger partial charge in [-0.05, 0) is 124 Å². The lowest BCUT2D eigenvalue weighted by molar-refractivity contribution is -0.164. The van der Waals surface area contributed by atoms with Gasteiger partial charge in [-0.3, -0.25) is 14.4 Å². The Morgan fingerprint density at radius 3 is 2.51 bits per heavy atom. The van der Waals surface area contributed by atoms with Gasteiger partial charge in [0.15, 0.2) is 0 Å². The lowest BCUT2D eigenvalue weighted by Crippen LogP contribution is -2.63. The topological polar surface area (TPSA) is 93.7 Å². The number of methoxy groups -OCH3 is 1. The third-order valence-corrected chi connectivity index (χ3v) is 12.6. The summed E-state index contributed by atoms with van der Waals surface area (Å²) >= 11 is 0. The number of amides is 1. The molecule has 0 aromatic carbocycles. The minimum atomic E-state index is -0.160. The minimum absolute atomic E-state index is 0.0309. The standard InChI is InChI=1S/C32H52N2O5/c1-19(8-13-29(36)38-5)24-11-12-25-23-10-9-21-17-22(39-20(2)35)14-15-31(21,3)26(23)18-28(32(24,25)4)34-30(37)27-7-6-16-33-27/h19,21-28,33H,6-18H2,1-5H3,(H,34,37)/t19-,21-,22-,23+,24-,25+,26+,27-,28+,31+,32-/m1/s1. The average molecular weight is 545 g/mol. The summed E-state index contributed by atoms with van der Waals surface area (Å²) in [6.45, 7) is 9.77. The third-order valence-electron chi connectivity index (χ3n) is 12.6. The summed E-state index contributed by atoms with van der Waals surface area (Å²) in [5, 5.41) is 7.07. The Labute approximate surface area is 235 Å². The maximum atomic E-state index is 13.6. The van der Waals surface area contributed by atoms with Crippen LogP contribution in [0.25, 0.3) is 0 Å². The summed E-state index contributed by atoms with van der Waals surface area (Å²) in [4.78, 5) is 37.2. The molecule has 1 amide bonds. The highest BCUT2D eigenvalue weighted by Gasteiger charge is 2.64. The Balaban J connectivity index is 1.41. The molecular formula is C32H52N2O5. The number of esters is 2. The van der Waals surface area contributed by atoms with Crippen LogP contribution in [0, 0.1) is 46.3 Å². The van der Waals surface area contributed by atoms with Crippen LogP contribution in [0.15, 0.2) is 0 Å². The van der Waals surface area contributed by atoms with Gasteiger partial charge in [-0.1, -0.05) is 20.8 Å². The lowest BCUT2D eigenvalue weighted by atomic mass is 9.43. The van der Waals surface area contributed by atoms with E-state index in [0.717, 1.165) is 51.5 Å². The van der Waals surface area contributed by atoms with E-state index in [1.54, 1.807) is 0 Å². The number of carbonyl (C=O) groups excluding carboxylic acids is 3. The SMILES string of the molecule is COC(=O)CC[C@@H](C)[C@H]1CC[C@H]2[C@@H]3CC[C@@H]4C[C@H](OC(C)=O)CC[C@]4(C)[C@H]3C[C@H](NC(=O)[C@H]3CCCN3)[C@]12C. The van der Waals surface area contributed by atoms with Crippen molar-refractivity contribution in [2.24, 2.45) is 46.3 Å². The summed E-state index contributed by atoms with van der Waals surface area (Å²) < 4.78 is 10.6. The second kappa shape index (κ2) is 11.3. The van der Waals surface area contributed by atoms with Crippen molar-refractivity contribution in [3.8, 4) is 0 Å². The molecule has 1 aliphatic heterocycles. The number of fused-ring (bicyclic) bond motifs is 5. The quantitative estimate of drug-likeness (QED) is 0.438. The van der Waals surface area contributed by atoms with Crippen LogP contribution < -0.4 is 10.6 Å². The van der Waals surface area contributed by atoms with Crippen LogP contribution in [0.4, 0.5) is 0 Å². The van der Waals surface area contributed by atoms with E-state index in [4.69, 9.17) is 9.47 Å². The predicted molar refractivity (Wildman–Crippen MR) is 150 cm³/mol. The average Bonchev–Trinajstić information content (AvgIpc) is 3.56. The maximum absolute atomic E-state index is 13.6. The normalized spacial score (nSPS) is 43.9. The summed E-state index contributed by atoms with van der Waals surface area (Å²) in [6, 6.07) is 0.0729. The number of hydrogen-bond acceptors (Lipinski definition) is 6. The molecule has 0 aromatic rings. The molecule has 0 unspecified atom stereocenters. The fraction of sp³-hybridized carbons (Fsp3) is 0.906. The molecule has 4 saturated carbocycles. The monoisotopic (exact) mass is 544 g/mol. The van der Waals surface area contributed by atoms with Crippen molar-refractivity contribution in [3.63, 3.8) is 0 Å². The molecule has 5 rings (SSSR count). The summed E-state index contributed by atoms with van der Waals surface area (Å²) in [5.74, 6) is 3.21. The van der Waals surface area contributed by atoms with Gasteiger partial charge in [0, 0.05) is 19.4 Å². The molecule has 7 nitrogen and oxygen atoms in total. The molecule has 1 saturated heterocycles. The first-order valence-corrected chi connectivity index (χ1v) is 15.9. The highest BCUT2D eigenvalue weighted by molar-refractivity contribution is 5.82. The number of carbonyl (C=O) groups is 3. The van der Waals surface area contributed by atoms with E-state index in [9.17, 15) is 14.4 Å². The van der Waals surface area contributed by atoms with Crippen LogP contribution in [0.1, 0.15) is 105 Å². The zero-order valence-electron chi connectivity index (χ0n) is 24.9. The second-order valence-electron chi connectivity index (χ2n) is 14.3. The fourth-order valence-corrected chi connectivity index (χ4v) is 10.6. The smallest absolute Gasteiger partial charge is 0.305 e. The van der Waals surface area contributed by atoms with Gasteiger partial charge in [-0.15, -0.1) is 0 Å². The molecule has 0 aromatic heterocycles. The molecule has 0 spiro atoms. The van der Waals surface area contributed by atoms with Crippen LogP contribution in [0.5, 0.6) is 0 Å². The van der Waals surface area contributed by atoms with Gasteiger partial charge in [0.25, 0.3) is 0 Å². The predicted octanol–water partition coefficient (Wildman–Crippen LogP) is 5.01. The van der Waals surface area contributed by atoms with Gasteiger partial charge in [-0.2, -0.15) is 0 Å². The fourth-order valence-electron chi connectivity index (χ4n) is 10.6. The van der Waals surface area contributed by atoms with E-state index in [-0.39, 0.29) is 46.9 Å². The van der Waals surface area contributed by atoms with Crippen molar-refractivity contribution < 1.29 is 23.9 Å². The summed E-state index contributed by atoms with van der Waals surface area (Å²) in [6.07, 6.45) is 12.3. The zero-order chi connectivity index (χ0) is 27.9. The van der Waals surface area contributed by atoms with E-state index in [2.05, 4.69) is 31.4 Å². The lowest BCUT2D eigenvalue weighted by Gasteiger charge is -2.63. The molecule has 7 heteroatoms. The van der Waals surface area contributed by atoms with Crippen molar-refractivity contribution >= 4 is 17.8 Å². The van der Waals surface area contributed by atoms with Crippen molar-refractivity contribution in [1.29, 1.82) is 0 Å². The van der Waals surface area contributed by atoms with Gasteiger partial charge < -0.3 is 20.1 Å². The van der Waals surface area contributed by atoms with Gasteiger partial charge in [0.05, 0.1) is 13.2 Å². The van der Waals surface area contributed by atoms with E-state index in [0.29, 0.717) is 41.9 Å². The first kappa shape index (κ1) is 28.9. The number of ether oxygens (including phenoxy) is 2. The maximum Gasteiger partial charge on any atom is 0.305 e. The van der Waals surface area contributed by atoms with E-state index in [1.165, 1.54) is 39.7 Å². The van der Waals surface area contributed by atoms with Crippen molar-refractivity contribution in [2.45, 2.75) is 123 Å². The highest BCUT2D eigenvalue weighted by atomic mass is 16.5. The molecule has 0 bridgehead atoms. The molecule has 2 N–H and O–H groups in total. The van der Waals surface area contributed by atoms with Gasteiger partial charge in [0.2, 0.25) is 5.91 Å². The van der Waals surface area contributed by atoms with Gasteiger partial charge in [0.1, 0.15) is 6.10 Å². The summed E-state index contributed by atoms with van der Waals surface area (Å²) in [7, 11) is 1.47. The Hall–Kier alpha value is -1.63. The van der Waals surface area contributed by atoms with Crippen LogP contribution in [0.3, 0.4) is 0 Å². The van der Waals surface area contributed by atoms with E-state index in [1.807, 2.05) is 0 Å². The minimum Gasteiger partial charge on any atom is -0.469 e. The first-order chi connectivity index (χ1) is 18.6. The second-order valence-corrected chi connectivity index (χ2v) is 14.3. The molecular weight excluding hydrogens is 492 g/mol. The van der Waals surface area contributed by atoms with E-state index < -0.39 is 0 Å². The Morgan fingerprint density at radius 2 is 1.82 bits per heavy atom. The van der Waals surface area contributed by atoms with Crippen LogP contribution in [-0.2, 0) is 23.9 Å². The molecule has 220 valence electrons. The van der Waals surface area contributed by atoms with Crippen LogP contribution in [0.2, 0.25) is 0 Å². The van der Waals surface area contributed by atoms with Crippen LogP contribution >= 0.6 is 0 Å². The Bertz CT molecular complexity index is 934. The number of rotatable bonds is 7. The Kier molecular flexibility index (Phi) is 8.39.